The van der Waals surface area contributed by atoms with Crippen molar-refractivity contribution in [3.05, 3.63) is 77.6 Å². The quantitative estimate of drug-likeness (QED) is 0.582. The molecule has 0 spiro atoms. The molecule has 0 aliphatic rings. The maximum Gasteiger partial charge on any atom is 0.277 e. The molecular weight excluding hydrogens is 326 g/mol. The summed E-state index contributed by atoms with van der Waals surface area (Å²) < 4.78 is 5.37. The van der Waals surface area contributed by atoms with Gasteiger partial charge in [-0.1, -0.05) is 35.5 Å². The van der Waals surface area contributed by atoms with Gasteiger partial charge in [-0.05, 0) is 43.2 Å². The van der Waals surface area contributed by atoms with Gasteiger partial charge < -0.3 is 9.84 Å². The zero-order valence-corrected chi connectivity index (χ0v) is 14.5. The van der Waals surface area contributed by atoms with Crippen LogP contribution in [0.1, 0.15) is 21.6 Å². The molecule has 1 amide bonds. The maximum atomic E-state index is 12.6. The lowest BCUT2D eigenvalue weighted by atomic mass is 10.0. The molecule has 0 saturated carbocycles. The summed E-state index contributed by atoms with van der Waals surface area (Å²) >= 11 is 0. The fraction of sp³-hybridized carbons (Fsp3) is 0.0952. The fourth-order valence-corrected chi connectivity index (χ4v) is 2.80. The van der Waals surface area contributed by atoms with Crippen LogP contribution in [0.4, 0.5) is 5.69 Å². The number of fused-ring (bicyclic) bond motifs is 1. The monoisotopic (exact) mass is 343 g/mol. The predicted octanol–water partition coefficient (Wildman–Crippen LogP) is 4.76. The second kappa shape index (κ2) is 6.44. The Hall–Kier alpha value is -3.47. The molecule has 0 unspecified atom stereocenters. The maximum absolute atomic E-state index is 12.6. The van der Waals surface area contributed by atoms with E-state index in [9.17, 15) is 4.79 Å². The van der Waals surface area contributed by atoms with E-state index in [-0.39, 0.29) is 11.6 Å². The van der Waals surface area contributed by atoms with Gasteiger partial charge in [-0.25, -0.2) is 0 Å². The molecule has 0 radical (unpaired) electrons. The Balaban J connectivity index is 1.61. The molecule has 0 fully saturated rings. The highest BCUT2D eigenvalue weighted by atomic mass is 16.5. The molecule has 2 aromatic carbocycles. The van der Waals surface area contributed by atoms with Crippen molar-refractivity contribution < 1.29 is 9.32 Å². The molecule has 0 aliphatic heterocycles. The number of para-hydroxylation sites is 1. The summed E-state index contributed by atoms with van der Waals surface area (Å²) in [6.07, 6.45) is 1.70. The fourth-order valence-electron chi connectivity index (χ4n) is 2.80. The summed E-state index contributed by atoms with van der Waals surface area (Å²) in [4.78, 5) is 16.9. The van der Waals surface area contributed by atoms with Crippen LogP contribution in [0.5, 0.6) is 0 Å². The number of aromatic nitrogens is 2. The number of amides is 1. The number of benzene rings is 2. The number of rotatable bonds is 3. The Labute approximate surface area is 150 Å². The standard InChI is InChI=1S/C21H17N3O2/c1-13-8-9-16(11-14(13)2)19-12-18(24-26-19)21(25)23-17-7-3-5-15-6-4-10-22-20(15)17/h3-12H,1-2H3,(H,23,25). The lowest BCUT2D eigenvalue weighted by Gasteiger charge is -2.06. The SMILES string of the molecule is Cc1ccc(-c2cc(C(=O)Nc3cccc4cccnc34)no2)cc1C. The van der Waals surface area contributed by atoms with E-state index in [2.05, 4.69) is 22.4 Å². The van der Waals surface area contributed by atoms with Crippen molar-refractivity contribution in [1.29, 1.82) is 0 Å². The minimum atomic E-state index is -0.331. The van der Waals surface area contributed by atoms with E-state index in [1.54, 1.807) is 12.3 Å². The number of aryl methyl sites for hydroxylation is 2. The van der Waals surface area contributed by atoms with Crippen LogP contribution in [0.3, 0.4) is 0 Å². The molecule has 5 nitrogen and oxygen atoms in total. The summed E-state index contributed by atoms with van der Waals surface area (Å²) in [6.45, 7) is 4.09. The summed E-state index contributed by atoms with van der Waals surface area (Å²) in [5.41, 5.74) is 4.86. The van der Waals surface area contributed by atoms with E-state index in [1.807, 2.05) is 55.5 Å². The van der Waals surface area contributed by atoms with Crippen LogP contribution in [0.15, 0.2) is 65.3 Å². The second-order valence-corrected chi connectivity index (χ2v) is 6.21. The summed E-state index contributed by atoms with van der Waals surface area (Å²) in [5.74, 6) is 0.233. The number of pyridine rings is 1. The first-order chi connectivity index (χ1) is 12.6. The van der Waals surface area contributed by atoms with Gasteiger partial charge in [0.25, 0.3) is 5.91 Å². The van der Waals surface area contributed by atoms with Crippen LogP contribution in [0, 0.1) is 13.8 Å². The van der Waals surface area contributed by atoms with Crippen molar-refractivity contribution in [3.8, 4) is 11.3 Å². The Bertz CT molecular complexity index is 1110. The van der Waals surface area contributed by atoms with Gasteiger partial charge in [0.2, 0.25) is 0 Å². The molecule has 0 bridgehead atoms. The Morgan fingerprint density at radius 2 is 1.85 bits per heavy atom. The Morgan fingerprint density at radius 1 is 1.00 bits per heavy atom. The van der Waals surface area contributed by atoms with Gasteiger partial charge in [-0.3, -0.25) is 9.78 Å². The van der Waals surface area contributed by atoms with Crippen molar-refractivity contribution in [3.63, 3.8) is 0 Å². The van der Waals surface area contributed by atoms with Crippen LogP contribution in [-0.4, -0.2) is 16.0 Å². The largest absolute Gasteiger partial charge is 0.355 e. The van der Waals surface area contributed by atoms with Crippen molar-refractivity contribution >= 4 is 22.5 Å². The van der Waals surface area contributed by atoms with Gasteiger partial charge in [-0.2, -0.15) is 0 Å². The average Bonchev–Trinajstić information content (AvgIpc) is 3.15. The van der Waals surface area contributed by atoms with Gasteiger partial charge >= 0.3 is 0 Å². The van der Waals surface area contributed by atoms with E-state index in [0.29, 0.717) is 11.4 Å². The van der Waals surface area contributed by atoms with E-state index in [0.717, 1.165) is 22.0 Å². The lowest BCUT2D eigenvalue weighted by molar-refractivity contribution is 0.101. The molecule has 5 heteroatoms. The van der Waals surface area contributed by atoms with Crippen LogP contribution in [-0.2, 0) is 0 Å². The van der Waals surface area contributed by atoms with E-state index in [4.69, 9.17) is 4.52 Å². The molecule has 2 aromatic heterocycles. The van der Waals surface area contributed by atoms with Gasteiger partial charge in [0.1, 0.15) is 0 Å². The summed E-state index contributed by atoms with van der Waals surface area (Å²) in [6, 6.07) is 17.1. The number of anilines is 1. The minimum Gasteiger partial charge on any atom is -0.355 e. The summed E-state index contributed by atoms with van der Waals surface area (Å²) in [7, 11) is 0. The highest BCUT2D eigenvalue weighted by Crippen LogP contribution is 2.24. The van der Waals surface area contributed by atoms with E-state index in [1.165, 1.54) is 5.56 Å². The Morgan fingerprint density at radius 3 is 2.69 bits per heavy atom. The summed E-state index contributed by atoms with van der Waals surface area (Å²) in [5, 5.41) is 7.74. The van der Waals surface area contributed by atoms with Gasteiger partial charge in [0, 0.05) is 23.2 Å². The Kier molecular flexibility index (Phi) is 3.97. The number of hydrogen-bond acceptors (Lipinski definition) is 4. The number of carbonyl (C=O) groups excluding carboxylic acids is 1. The normalized spacial score (nSPS) is 10.8. The molecule has 0 atom stereocenters. The third kappa shape index (κ3) is 2.95. The highest BCUT2D eigenvalue weighted by Gasteiger charge is 2.15. The average molecular weight is 343 g/mol. The minimum absolute atomic E-state index is 0.228. The molecule has 0 saturated heterocycles. The van der Waals surface area contributed by atoms with Crippen molar-refractivity contribution in [1.82, 2.24) is 10.1 Å². The number of hydrogen-bond donors (Lipinski definition) is 1. The highest BCUT2D eigenvalue weighted by molar-refractivity contribution is 6.07. The second-order valence-electron chi connectivity index (χ2n) is 6.21. The molecule has 4 aromatic rings. The first kappa shape index (κ1) is 16.0. The van der Waals surface area contributed by atoms with Crippen LogP contribution in [0.2, 0.25) is 0 Å². The van der Waals surface area contributed by atoms with Crippen LogP contribution in [0.25, 0.3) is 22.2 Å². The third-order valence-corrected chi connectivity index (χ3v) is 4.42. The molecule has 4 rings (SSSR count). The molecule has 2 heterocycles. The lowest BCUT2D eigenvalue weighted by Crippen LogP contribution is -2.12. The van der Waals surface area contributed by atoms with E-state index >= 15 is 0 Å². The van der Waals surface area contributed by atoms with Crippen molar-refractivity contribution in [2.75, 3.05) is 5.32 Å². The molecule has 1 N–H and O–H groups in total. The van der Waals surface area contributed by atoms with Crippen LogP contribution < -0.4 is 5.32 Å². The van der Waals surface area contributed by atoms with Crippen molar-refractivity contribution in [2.45, 2.75) is 13.8 Å². The first-order valence-electron chi connectivity index (χ1n) is 8.31. The molecular formula is C21H17N3O2. The van der Waals surface area contributed by atoms with Gasteiger partial charge in [0.05, 0.1) is 11.2 Å². The smallest absolute Gasteiger partial charge is 0.277 e. The first-order valence-corrected chi connectivity index (χ1v) is 8.31. The zero-order valence-electron chi connectivity index (χ0n) is 14.5. The van der Waals surface area contributed by atoms with E-state index < -0.39 is 0 Å². The van der Waals surface area contributed by atoms with Gasteiger partial charge in [-0.15, -0.1) is 0 Å². The van der Waals surface area contributed by atoms with Crippen LogP contribution >= 0.6 is 0 Å². The number of nitrogens with one attached hydrogen (secondary N) is 1. The topological polar surface area (TPSA) is 68.0 Å². The molecule has 26 heavy (non-hydrogen) atoms. The van der Waals surface area contributed by atoms with Gasteiger partial charge in [0.15, 0.2) is 11.5 Å². The van der Waals surface area contributed by atoms with Crippen molar-refractivity contribution in [2.24, 2.45) is 0 Å². The number of carbonyl (C=O) groups is 1. The predicted molar refractivity (Wildman–Crippen MR) is 101 cm³/mol. The number of nitrogens with zero attached hydrogens (tertiary/aromatic N) is 2. The molecule has 128 valence electrons. The molecule has 0 aliphatic carbocycles. The third-order valence-electron chi connectivity index (χ3n) is 4.42. The zero-order chi connectivity index (χ0) is 18.1.